The number of halogens is 1. The van der Waals surface area contributed by atoms with Crippen LogP contribution in [0.3, 0.4) is 0 Å². The summed E-state index contributed by atoms with van der Waals surface area (Å²) in [6, 6.07) is 0. The molecule has 0 aromatic heterocycles. The van der Waals surface area contributed by atoms with Crippen molar-refractivity contribution in [2.75, 3.05) is 26.2 Å². The van der Waals surface area contributed by atoms with Gasteiger partial charge in [0.25, 0.3) is 0 Å². The second-order valence-electron chi connectivity index (χ2n) is 5.30. The normalized spacial score (nSPS) is 14.3. The molecule has 2 atom stereocenters. The van der Waals surface area contributed by atoms with E-state index in [1.807, 2.05) is 6.92 Å². The lowest BCUT2D eigenvalue weighted by atomic mass is 9.99. The number of guanidine groups is 1. The average molecular weight is 399 g/mol. The molecule has 20 heavy (non-hydrogen) atoms. The van der Waals surface area contributed by atoms with Gasteiger partial charge in [0.05, 0.1) is 0 Å². The van der Waals surface area contributed by atoms with Crippen molar-refractivity contribution in [3.05, 3.63) is 0 Å². The molecule has 0 heterocycles. The number of rotatable bonds is 10. The van der Waals surface area contributed by atoms with Crippen LogP contribution in [-0.2, 0) is 0 Å². The molecule has 0 aliphatic rings. The molecule has 0 aliphatic carbocycles. The minimum absolute atomic E-state index is 0. The number of nitrogens with one attached hydrogen (secondary N) is 2. The zero-order valence-corrected chi connectivity index (χ0v) is 15.9. The molecule has 0 saturated carbocycles. The summed E-state index contributed by atoms with van der Waals surface area (Å²) in [5.41, 5.74) is 0. The largest absolute Gasteiger partial charge is 0.396 e. The van der Waals surface area contributed by atoms with Crippen LogP contribution < -0.4 is 10.6 Å². The Morgan fingerprint density at radius 3 is 2.40 bits per heavy atom. The molecular formula is C15H34IN3O. The van der Waals surface area contributed by atoms with Crippen LogP contribution in [0.25, 0.3) is 0 Å². The van der Waals surface area contributed by atoms with Crippen LogP contribution in [0.4, 0.5) is 0 Å². The Balaban J connectivity index is 0. The van der Waals surface area contributed by atoms with Crippen molar-refractivity contribution < 1.29 is 5.11 Å². The summed E-state index contributed by atoms with van der Waals surface area (Å²) in [7, 11) is 0. The van der Waals surface area contributed by atoms with E-state index in [1.165, 1.54) is 25.7 Å². The summed E-state index contributed by atoms with van der Waals surface area (Å²) in [6.07, 6.45) is 5.06. The highest BCUT2D eigenvalue weighted by atomic mass is 127. The van der Waals surface area contributed by atoms with Gasteiger partial charge in [-0.15, -0.1) is 24.0 Å². The molecule has 3 N–H and O–H groups in total. The lowest BCUT2D eigenvalue weighted by Crippen LogP contribution is -2.40. The maximum absolute atomic E-state index is 9.02. The van der Waals surface area contributed by atoms with Crippen molar-refractivity contribution in [3.63, 3.8) is 0 Å². The fourth-order valence-electron chi connectivity index (χ4n) is 1.83. The Bertz CT molecular complexity index is 237. The van der Waals surface area contributed by atoms with Gasteiger partial charge < -0.3 is 15.7 Å². The van der Waals surface area contributed by atoms with E-state index in [0.717, 1.165) is 25.0 Å². The number of nitrogens with zero attached hydrogens (tertiary/aromatic N) is 1. The summed E-state index contributed by atoms with van der Waals surface area (Å²) in [6.45, 7) is 11.3. The van der Waals surface area contributed by atoms with E-state index in [1.54, 1.807) is 0 Å². The van der Waals surface area contributed by atoms with Gasteiger partial charge in [-0.1, -0.05) is 40.0 Å². The molecule has 0 radical (unpaired) electrons. The van der Waals surface area contributed by atoms with Crippen LogP contribution in [0.2, 0.25) is 0 Å². The highest BCUT2D eigenvalue weighted by Gasteiger charge is 2.07. The van der Waals surface area contributed by atoms with Gasteiger partial charge in [-0.25, -0.2) is 0 Å². The number of aliphatic hydroxyl groups is 1. The molecule has 0 aromatic rings. The molecular weight excluding hydrogens is 365 g/mol. The zero-order chi connectivity index (χ0) is 14.5. The number of hydrogen-bond acceptors (Lipinski definition) is 2. The number of unbranched alkanes of at least 4 members (excludes halogenated alkanes) is 1. The third-order valence-electron chi connectivity index (χ3n) is 3.32. The number of aliphatic imine (C=N–C) groups is 1. The molecule has 5 heteroatoms. The van der Waals surface area contributed by atoms with Gasteiger partial charge in [-0.3, -0.25) is 4.99 Å². The molecule has 0 rings (SSSR count). The minimum Gasteiger partial charge on any atom is -0.396 e. The minimum atomic E-state index is 0. The van der Waals surface area contributed by atoms with Crippen molar-refractivity contribution in [2.24, 2.45) is 16.8 Å². The fraction of sp³-hybridized carbons (Fsp3) is 0.933. The second kappa shape index (κ2) is 15.4. The molecule has 0 fully saturated rings. The van der Waals surface area contributed by atoms with Gasteiger partial charge in [0.15, 0.2) is 5.96 Å². The Morgan fingerprint density at radius 2 is 1.90 bits per heavy atom. The van der Waals surface area contributed by atoms with Crippen molar-refractivity contribution in [1.29, 1.82) is 0 Å². The molecule has 0 saturated heterocycles. The number of hydrogen-bond donors (Lipinski definition) is 3. The van der Waals surface area contributed by atoms with Crippen molar-refractivity contribution in [3.8, 4) is 0 Å². The first-order valence-electron chi connectivity index (χ1n) is 7.80. The Kier molecular flexibility index (Phi) is 17.1. The quantitative estimate of drug-likeness (QED) is 0.301. The fourth-order valence-corrected chi connectivity index (χ4v) is 1.83. The van der Waals surface area contributed by atoms with Gasteiger partial charge in [0.2, 0.25) is 0 Å². The van der Waals surface area contributed by atoms with Gasteiger partial charge in [-0.05, 0) is 25.2 Å². The molecule has 0 spiro atoms. The molecule has 4 nitrogen and oxygen atoms in total. The van der Waals surface area contributed by atoms with E-state index in [2.05, 4.69) is 36.4 Å². The summed E-state index contributed by atoms with van der Waals surface area (Å²) in [5.74, 6) is 1.81. The highest BCUT2D eigenvalue weighted by molar-refractivity contribution is 14.0. The van der Waals surface area contributed by atoms with Crippen molar-refractivity contribution >= 4 is 29.9 Å². The summed E-state index contributed by atoms with van der Waals surface area (Å²) >= 11 is 0. The Morgan fingerprint density at radius 1 is 1.20 bits per heavy atom. The van der Waals surface area contributed by atoms with E-state index in [9.17, 15) is 0 Å². The summed E-state index contributed by atoms with van der Waals surface area (Å²) < 4.78 is 0. The van der Waals surface area contributed by atoms with Gasteiger partial charge in [0.1, 0.15) is 0 Å². The van der Waals surface area contributed by atoms with Crippen molar-refractivity contribution in [2.45, 2.75) is 53.4 Å². The standard InChI is InChI=1S/C15H33N3O.HI/c1-5-8-9-14(6-2)11-18-15(16-7-3)17-10-13(4)12-19;/h13-14,19H,5-12H2,1-4H3,(H2,16,17,18);1H. The van der Waals surface area contributed by atoms with E-state index in [4.69, 9.17) is 5.11 Å². The Hall–Kier alpha value is -0.0400. The predicted molar refractivity (Wildman–Crippen MR) is 99.0 cm³/mol. The van der Waals surface area contributed by atoms with E-state index in [-0.39, 0.29) is 36.5 Å². The molecule has 0 amide bonds. The highest BCUT2D eigenvalue weighted by Crippen LogP contribution is 2.11. The zero-order valence-electron chi connectivity index (χ0n) is 13.6. The molecule has 122 valence electrons. The lowest BCUT2D eigenvalue weighted by Gasteiger charge is -2.18. The van der Waals surface area contributed by atoms with Gasteiger partial charge in [0, 0.05) is 26.2 Å². The molecule has 2 unspecified atom stereocenters. The van der Waals surface area contributed by atoms with Crippen LogP contribution in [0, 0.1) is 11.8 Å². The van der Waals surface area contributed by atoms with Crippen LogP contribution in [0.1, 0.15) is 53.4 Å². The topological polar surface area (TPSA) is 56.7 Å². The summed E-state index contributed by atoms with van der Waals surface area (Å²) in [5, 5.41) is 15.7. The average Bonchev–Trinajstić information content (AvgIpc) is 2.44. The van der Waals surface area contributed by atoms with Gasteiger partial charge in [-0.2, -0.15) is 0 Å². The molecule has 0 bridgehead atoms. The van der Waals surface area contributed by atoms with Crippen LogP contribution >= 0.6 is 24.0 Å². The number of aliphatic hydroxyl groups excluding tert-OH is 1. The maximum atomic E-state index is 9.02. The van der Waals surface area contributed by atoms with E-state index >= 15 is 0 Å². The van der Waals surface area contributed by atoms with E-state index in [0.29, 0.717) is 6.54 Å². The predicted octanol–water partition coefficient (Wildman–Crippen LogP) is 3.00. The third-order valence-corrected chi connectivity index (χ3v) is 3.32. The lowest BCUT2D eigenvalue weighted by molar-refractivity contribution is 0.241. The third kappa shape index (κ3) is 11.8. The first-order valence-corrected chi connectivity index (χ1v) is 7.80. The summed E-state index contributed by atoms with van der Waals surface area (Å²) in [4.78, 5) is 4.51. The molecule has 0 aliphatic heterocycles. The first-order chi connectivity index (χ1) is 9.17. The van der Waals surface area contributed by atoms with Crippen molar-refractivity contribution in [1.82, 2.24) is 10.6 Å². The van der Waals surface area contributed by atoms with Crippen LogP contribution in [0.5, 0.6) is 0 Å². The smallest absolute Gasteiger partial charge is 0.191 e. The monoisotopic (exact) mass is 399 g/mol. The Labute approximate surface area is 142 Å². The van der Waals surface area contributed by atoms with Crippen LogP contribution in [0.15, 0.2) is 4.99 Å². The second-order valence-corrected chi connectivity index (χ2v) is 5.30. The van der Waals surface area contributed by atoms with E-state index < -0.39 is 0 Å². The molecule has 0 aromatic carbocycles. The van der Waals surface area contributed by atoms with Gasteiger partial charge >= 0.3 is 0 Å². The first kappa shape index (κ1) is 22.2. The maximum Gasteiger partial charge on any atom is 0.191 e. The van der Waals surface area contributed by atoms with Crippen LogP contribution in [-0.4, -0.2) is 37.3 Å². The SMILES string of the molecule is CCCCC(CC)CNC(=NCC(C)CO)NCC.I.